The van der Waals surface area contributed by atoms with Crippen molar-refractivity contribution in [1.29, 1.82) is 0 Å². The topological polar surface area (TPSA) is 55.1 Å². The van der Waals surface area contributed by atoms with Crippen molar-refractivity contribution in [3.8, 4) is 0 Å². The van der Waals surface area contributed by atoms with E-state index < -0.39 is 0 Å². The fourth-order valence-corrected chi connectivity index (χ4v) is 2.03. The van der Waals surface area contributed by atoms with Crippen molar-refractivity contribution in [1.82, 2.24) is 5.32 Å². The highest BCUT2D eigenvalue weighted by molar-refractivity contribution is 5.94. The van der Waals surface area contributed by atoms with Crippen LogP contribution in [0.1, 0.15) is 34.8 Å². The predicted molar refractivity (Wildman–Crippen MR) is 82.5 cm³/mol. The molecule has 0 unspecified atom stereocenters. The van der Waals surface area contributed by atoms with Gasteiger partial charge in [-0.3, -0.25) is 4.79 Å². The summed E-state index contributed by atoms with van der Waals surface area (Å²) in [7, 11) is 0. The summed E-state index contributed by atoms with van der Waals surface area (Å²) in [6, 6.07) is 15.3. The molecule has 2 aromatic rings. The van der Waals surface area contributed by atoms with Gasteiger partial charge in [-0.05, 0) is 41.8 Å². The molecule has 2 aromatic carbocycles. The number of benzene rings is 2. The Balaban J connectivity index is 1.91. The van der Waals surface area contributed by atoms with Gasteiger partial charge in [0.05, 0.1) is 0 Å². The third-order valence-electron chi connectivity index (χ3n) is 3.19. The molecule has 0 atom stereocenters. The summed E-state index contributed by atoms with van der Waals surface area (Å²) in [5, 5.41) is 2.91. The van der Waals surface area contributed by atoms with Gasteiger partial charge in [0, 0.05) is 17.8 Å². The van der Waals surface area contributed by atoms with E-state index in [0.29, 0.717) is 17.8 Å². The molecule has 104 valence electrons. The van der Waals surface area contributed by atoms with Crippen molar-refractivity contribution in [2.45, 2.75) is 26.3 Å². The fraction of sp³-hybridized carbons (Fsp3) is 0.235. The summed E-state index contributed by atoms with van der Waals surface area (Å²) in [5.74, 6) is -0.0809. The highest BCUT2D eigenvalue weighted by Gasteiger charge is 2.04. The molecular formula is C17H20N2O. The summed E-state index contributed by atoms with van der Waals surface area (Å²) in [6.07, 6.45) is 2.24. The van der Waals surface area contributed by atoms with E-state index in [0.717, 1.165) is 18.4 Å². The minimum Gasteiger partial charge on any atom is -0.399 e. The first-order valence-electron chi connectivity index (χ1n) is 6.90. The molecule has 0 aliphatic rings. The number of rotatable bonds is 5. The SMILES string of the molecule is CCCc1ccc(CNC(=O)c2ccc(N)cc2)cc1. The van der Waals surface area contributed by atoms with Gasteiger partial charge >= 0.3 is 0 Å². The molecule has 3 nitrogen and oxygen atoms in total. The molecule has 20 heavy (non-hydrogen) atoms. The Kier molecular flexibility index (Phi) is 4.77. The molecule has 0 saturated carbocycles. The predicted octanol–water partition coefficient (Wildman–Crippen LogP) is 3.15. The lowest BCUT2D eigenvalue weighted by Crippen LogP contribution is -2.22. The summed E-state index contributed by atoms with van der Waals surface area (Å²) < 4.78 is 0. The van der Waals surface area contributed by atoms with Crippen LogP contribution < -0.4 is 11.1 Å². The van der Waals surface area contributed by atoms with Crippen LogP contribution in [0.25, 0.3) is 0 Å². The van der Waals surface area contributed by atoms with E-state index in [4.69, 9.17) is 5.73 Å². The maximum Gasteiger partial charge on any atom is 0.251 e. The lowest BCUT2D eigenvalue weighted by Gasteiger charge is -2.07. The molecule has 0 fully saturated rings. The van der Waals surface area contributed by atoms with Crippen LogP contribution in [-0.2, 0) is 13.0 Å². The summed E-state index contributed by atoms with van der Waals surface area (Å²) >= 11 is 0. The minimum absolute atomic E-state index is 0.0809. The lowest BCUT2D eigenvalue weighted by molar-refractivity contribution is 0.0951. The largest absolute Gasteiger partial charge is 0.399 e. The van der Waals surface area contributed by atoms with Crippen LogP contribution in [0.5, 0.6) is 0 Å². The van der Waals surface area contributed by atoms with Crippen LogP contribution in [0.4, 0.5) is 5.69 Å². The Morgan fingerprint density at radius 2 is 1.60 bits per heavy atom. The Morgan fingerprint density at radius 3 is 2.20 bits per heavy atom. The van der Waals surface area contributed by atoms with Gasteiger partial charge in [0.2, 0.25) is 0 Å². The van der Waals surface area contributed by atoms with Crippen molar-refractivity contribution >= 4 is 11.6 Å². The number of nitrogens with two attached hydrogens (primary N) is 1. The van der Waals surface area contributed by atoms with E-state index in [9.17, 15) is 4.79 Å². The van der Waals surface area contributed by atoms with E-state index in [-0.39, 0.29) is 5.91 Å². The van der Waals surface area contributed by atoms with Crippen LogP contribution in [0, 0.1) is 0 Å². The summed E-state index contributed by atoms with van der Waals surface area (Å²) in [4.78, 5) is 11.9. The molecule has 3 N–H and O–H groups in total. The molecule has 2 rings (SSSR count). The molecule has 0 heterocycles. The van der Waals surface area contributed by atoms with Crippen molar-refractivity contribution in [2.24, 2.45) is 0 Å². The first-order valence-corrected chi connectivity index (χ1v) is 6.90. The Morgan fingerprint density at radius 1 is 1.00 bits per heavy atom. The molecule has 0 spiro atoms. The van der Waals surface area contributed by atoms with Crippen molar-refractivity contribution < 1.29 is 4.79 Å². The highest BCUT2D eigenvalue weighted by Crippen LogP contribution is 2.08. The Labute approximate surface area is 119 Å². The zero-order chi connectivity index (χ0) is 14.4. The third kappa shape index (κ3) is 3.85. The van der Waals surface area contributed by atoms with Gasteiger partial charge in [0.25, 0.3) is 5.91 Å². The zero-order valence-corrected chi connectivity index (χ0v) is 11.7. The monoisotopic (exact) mass is 268 g/mol. The second-order valence-electron chi connectivity index (χ2n) is 4.87. The van der Waals surface area contributed by atoms with E-state index >= 15 is 0 Å². The van der Waals surface area contributed by atoms with Crippen molar-refractivity contribution in [2.75, 3.05) is 5.73 Å². The maximum atomic E-state index is 11.9. The van der Waals surface area contributed by atoms with Gasteiger partial charge in [-0.25, -0.2) is 0 Å². The lowest BCUT2D eigenvalue weighted by atomic mass is 10.1. The number of hydrogen-bond acceptors (Lipinski definition) is 2. The van der Waals surface area contributed by atoms with Crippen molar-refractivity contribution in [3.05, 3.63) is 65.2 Å². The number of aryl methyl sites for hydroxylation is 1. The van der Waals surface area contributed by atoms with Gasteiger partial charge in [0.1, 0.15) is 0 Å². The highest BCUT2D eigenvalue weighted by atomic mass is 16.1. The Bertz CT molecular complexity index is 559. The number of amides is 1. The second-order valence-corrected chi connectivity index (χ2v) is 4.87. The van der Waals surface area contributed by atoms with Gasteiger partial charge in [-0.1, -0.05) is 37.6 Å². The van der Waals surface area contributed by atoms with E-state index in [2.05, 4.69) is 36.5 Å². The van der Waals surface area contributed by atoms with Crippen LogP contribution in [0.2, 0.25) is 0 Å². The average Bonchev–Trinajstić information content (AvgIpc) is 2.47. The van der Waals surface area contributed by atoms with Crippen LogP contribution in [-0.4, -0.2) is 5.91 Å². The number of carbonyl (C=O) groups is 1. The first-order chi connectivity index (χ1) is 9.69. The zero-order valence-electron chi connectivity index (χ0n) is 11.7. The molecule has 0 radical (unpaired) electrons. The van der Waals surface area contributed by atoms with Gasteiger partial charge in [0.15, 0.2) is 0 Å². The summed E-state index contributed by atoms with van der Waals surface area (Å²) in [6.45, 7) is 2.70. The number of nitrogen functional groups attached to an aromatic ring is 1. The van der Waals surface area contributed by atoms with E-state index in [1.54, 1.807) is 24.3 Å². The second kappa shape index (κ2) is 6.75. The molecule has 0 aliphatic carbocycles. The molecule has 0 aromatic heterocycles. The molecule has 0 aliphatic heterocycles. The van der Waals surface area contributed by atoms with Crippen LogP contribution in [0.3, 0.4) is 0 Å². The van der Waals surface area contributed by atoms with Gasteiger partial charge < -0.3 is 11.1 Å². The van der Waals surface area contributed by atoms with Crippen LogP contribution in [0.15, 0.2) is 48.5 Å². The van der Waals surface area contributed by atoms with E-state index in [1.807, 2.05) is 0 Å². The number of hydrogen-bond donors (Lipinski definition) is 2. The molecule has 0 bridgehead atoms. The normalized spacial score (nSPS) is 10.2. The quantitative estimate of drug-likeness (QED) is 0.818. The molecular weight excluding hydrogens is 248 g/mol. The third-order valence-corrected chi connectivity index (χ3v) is 3.19. The molecule has 3 heteroatoms. The molecule has 1 amide bonds. The fourth-order valence-electron chi connectivity index (χ4n) is 2.03. The number of nitrogens with one attached hydrogen (secondary N) is 1. The number of carbonyl (C=O) groups excluding carboxylic acids is 1. The molecule has 0 saturated heterocycles. The summed E-state index contributed by atoms with van der Waals surface area (Å²) in [5.41, 5.74) is 9.33. The van der Waals surface area contributed by atoms with Gasteiger partial charge in [-0.2, -0.15) is 0 Å². The minimum atomic E-state index is -0.0809. The first kappa shape index (κ1) is 14.1. The number of anilines is 1. The van der Waals surface area contributed by atoms with Crippen LogP contribution >= 0.6 is 0 Å². The smallest absolute Gasteiger partial charge is 0.251 e. The van der Waals surface area contributed by atoms with Gasteiger partial charge in [-0.15, -0.1) is 0 Å². The van der Waals surface area contributed by atoms with E-state index in [1.165, 1.54) is 5.56 Å². The maximum absolute atomic E-state index is 11.9. The Hall–Kier alpha value is -2.29. The standard InChI is InChI=1S/C17H20N2O/c1-2-3-13-4-6-14(7-5-13)12-19-17(20)15-8-10-16(18)11-9-15/h4-11H,2-3,12,18H2,1H3,(H,19,20). The van der Waals surface area contributed by atoms with Crippen molar-refractivity contribution in [3.63, 3.8) is 0 Å². The average molecular weight is 268 g/mol.